The molecule has 20 heavy (non-hydrogen) atoms. The highest BCUT2D eigenvalue weighted by Crippen LogP contribution is 2.27. The van der Waals surface area contributed by atoms with E-state index in [0.29, 0.717) is 6.01 Å². The van der Waals surface area contributed by atoms with Crippen LogP contribution in [0, 0.1) is 0 Å². The van der Waals surface area contributed by atoms with Crippen molar-refractivity contribution in [2.45, 2.75) is 13.1 Å². The summed E-state index contributed by atoms with van der Waals surface area (Å²) in [5.74, 6) is 1.82. The SMILES string of the molecule is COc1ccc2oc(N3CCn4ccnc4C3)nc2c1. The van der Waals surface area contributed by atoms with E-state index in [4.69, 9.17) is 9.15 Å². The average Bonchev–Trinajstić information content (AvgIpc) is 3.11. The first-order valence-electron chi connectivity index (χ1n) is 6.53. The Morgan fingerprint density at radius 3 is 3.15 bits per heavy atom. The second-order valence-corrected chi connectivity index (χ2v) is 4.79. The lowest BCUT2D eigenvalue weighted by Gasteiger charge is -2.25. The van der Waals surface area contributed by atoms with Gasteiger partial charge in [0.1, 0.15) is 17.1 Å². The first-order valence-corrected chi connectivity index (χ1v) is 6.53. The molecule has 0 radical (unpaired) electrons. The summed E-state index contributed by atoms with van der Waals surface area (Å²) in [6.07, 6.45) is 3.83. The van der Waals surface area contributed by atoms with Gasteiger partial charge in [0.05, 0.1) is 13.7 Å². The Kier molecular flexibility index (Phi) is 2.42. The summed E-state index contributed by atoms with van der Waals surface area (Å²) in [4.78, 5) is 11.0. The molecule has 1 aliphatic heterocycles. The summed E-state index contributed by atoms with van der Waals surface area (Å²) in [6, 6.07) is 6.28. The van der Waals surface area contributed by atoms with Crippen molar-refractivity contribution in [1.29, 1.82) is 0 Å². The molecule has 0 aliphatic carbocycles. The zero-order valence-corrected chi connectivity index (χ0v) is 11.1. The molecule has 0 atom stereocenters. The summed E-state index contributed by atoms with van der Waals surface area (Å²) in [6.45, 7) is 2.49. The fourth-order valence-corrected chi connectivity index (χ4v) is 2.49. The molecule has 3 heterocycles. The third-order valence-electron chi connectivity index (χ3n) is 3.60. The molecule has 0 unspecified atom stereocenters. The monoisotopic (exact) mass is 270 g/mol. The number of rotatable bonds is 2. The van der Waals surface area contributed by atoms with Gasteiger partial charge in [0.2, 0.25) is 0 Å². The molecule has 102 valence electrons. The van der Waals surface area contributed by atoms with Crippen molar-refractivity contribution in [3.05, 3.63) is 36.4 Å². The zero-order chi connectivity index (χ0) is 13.5. The third-order valence-corrected chi connectivity index (χ3v) is 3.60. The summed E-state index contributed by atoms with van der Waals surface area (Å²) < 4.78 is 13.2. The normalized spacial score (nSPS) is 14.6. The highest BCUT2D eigenvalue weighted by molar-refractivity contribution is 5.76. The maximum Gasteiger partial charge on any atom is 0.298 e. The van der Waals surface area contributed by atoms with Crippen molar-refractivity contribution in [3.63, 3.8) is 0 Å². The van der Waals surface area contributed by atoms with Crippen LogP contribution in [0.1, 0.15) is 5.82 Å². The van der Waals surface area contributed by atoms with Crippen LogP contribution in [-0.2, 0) is 13.1 Å². The fourth-order valence-electron chi connectivity index (χ4n) is 2.49. The molecular weight excluding hydrogens is 256 g/mol. The maximum atomic E-state index is 5.82. The summed E-state index contributed by atoms with van der Waals surface area (Å²) in [5.41, 5.74) is 1.59. The fraction of sp³-hybridized carbons (Fsp3) is 0.286. The molecule has 6 nitrogen and oxygen atoms in total. The summed E-state index contributed by atoms with van der Waals surface area (Å²) >= 11 is 0. The Morgan fingerprint density at radius 1 is 1.30 bits per heavy atom. The van der Waals surface area contributed by atoms with E-state index in [9.17, 15) is 0 Å². The van der Waals surface area contributed by atoms with Gasteiger partial charge < -0.3 is 18.6 Å². The molecular formula is C14H14N4O2. The van der Waals surface area contributed by atoms with E-state index < -0.39 is 0 Å². The van der Waals surface area contributed by atoms with Crippen molar-refractivity contribution < 1.29 is 9.15 Å². The van der Waals surface area contributed by atoms with Crippen LogP contribution < -0.4 is 9.64 Å². The van der Waals surface area contributed by atoms with E-state index in [2.05, 4.69) is 19.4 Å². The van der Waals surface area contributed by atoms with E-state index in [1.807, 2.05) is 30.6 Å². The molecule has 1 aliphatic rings. The molecule has 0 N–H and O–H groups in total. The Bertz CT molecular complexity index is 761. The number of benzene rings is 1. The first kappa shape index (κ1) is 11.3. The van der Waals surface area contributed by atoms with Gasteiger partial charge in [0.25, 0.3) is 6.01 Å². The van der Waals surface area contributed by atoms with Crippen LogP contribution in [0.3, 0.4) is 0 Å². The number of hydrogen-bond donors (Lipinski definition) is 0. The standard InChI is InChI=1S/C14H14N4O2/c1-19-10-2-3-12-11(8-10)16-14(20-12)18-7-6-17-5-4-15-13(17)9-18/h2-5,8H,6-7,9H2,1H3. The Labute approximate surface area is 115 Å². The number of anilines is 1. The van der Waals surface area contributed by atoms with Gasteiger partial charge in [0, 0.05) is 31.5 Å². The van der Waals surface area contributed by atoms with Crippen LogP contribution in [0.25, 0.3) is 11.1 Å². The number of nitrogens with zero attached hydrogens (tertiary/aromatic N) is 4. The molecule has 0 saturated carbocycles. The molecule has 3 aromatic rings. The van der Waals surface area contributed by atoms with Gasteiger partial charge >= 0.3 is 0 Å². The van der Waals surface area contributed by atoms with Gasteiger partial charge in [-0.15, -0.1) is 0 Å². The van der Waals surface area contributed by atoms with Crippen molar-refractivity contribution in [2.24, 2.45) is 0 Å². The predicted molar refractivity (Wildman–Crippen MR) is 73.8 cm³/mol. The Balaban J connectivity index is 1.69. The minimum absolute atomic E-state index is 0.641. The van der Waals surface area contributed by atoms with Gasteiger partial charge in [-0.2, -0.15) is 4.98 Å². The van der Waals surface area contributed by atoms with E-state index >= 15 is 0 Å². The van der Waals surface area contributed by atoms with Crippen LogP contribution in [0.2, 0.25) is 0 Å². The third kappa shape index (κ3) is 1.72. The molecule has 0 fully saturated rings. The smallest absolute Gasteiger partial charge is 0.298 e. The number of ether oxygens (including phenoxy) is 1. The molecule has 0 amide bonds. The second kappa shape index (κ2) is 4.26. The number of oxazole rings is 1. The van der Waals surface area contributed by atoms with Crippen LogP contribution >= 0.6 is 0 Å². The first-order chi connectivity index (χ1) is 9.83. The highest BCUT2D eigenvalue weighted by atomic mass is 16.5. The quantitative estimate of drug-likeness (QED) is 0.713. The van der Waals surface area contributed by atoms with Crippen molar-refractivity contribution in [1.82, 2.24) is 14.5 Å². The lowest BCUT2D eigenvalue weighted by atomic mass is 10.3. The number of hydrogen-bond acceptors (Lipinski definition) is 5. The maximum absolute atomic E-state index is 5.82. The molecule has 0 spiro atoms. The molecule has 0 saturated heterocycles. The van der Waals surface area contributed by atoms with Gasteiger partial charge in [-0.1, -0.05) is 0 Å². The number of imidazole rings is 1. The van der Waals surface area contributed by atoms with Crippen molar-refractivity contribution in [3.8, 4) is 5.75 Å². The van der Waals surface area contributed by atoms with E-state index in [-0.39, 0.29) is 0 Å². The number of aromatic nitrogens is 3. The summed E-state index contributed by atoms with van der Waals surface area (Å²) in [5, 5.41) is 0. The largest absolute Gasteiger partial charge is 0.497 e. The van der Waals surface area contributed by atoms with Gasteiger partial charge in [-0.05, 0) is 12.1 Å². The van der Waals surface area contributed by atoms with Crippen molar-refractivity contribution >= 4 is 17.1 Å². The minimum Gasteiger partial charge on any atom is -0.497 e. The van der Waals surface area contributed by atoms with E-state index in [0.717, 1.165) is 42.3 Å². The average molecular weight is 270 g/mol. The molecule has 2 aromatic heterocycles. The molecule has 4 rings (SSSR count). The Morgan fingerprint density at radius 2 is 2.25 bits per heavy atom. The molecule has 1 aromatic carbocycles. The summed E-state index contributed by atoms with van der Waals surface area (Å²) in [7, 11) is 1.65. The van der Waals surface area contributed by atoms with Gasteiger partial charge in [0.15, 0.2) is 5.58 Å². The zero-order valence-electron chi connectivity index (χ0n) is 11.1. The van der Waals surface area contributed by atoms with Crippen LogP contribution in [0.4, 0.5) is 6.01 Å². The highest BCUT2D eigenvalue weighted by Gasteiger charge is 2.21. The van der Waals surface area contributed by atoms with E-state index in [1.165, 1.54) is 0 Å². The lowest BCUT2D eigenvalue weighted by Crippen LogP contribution is -2.33. The minimum atomic E-state index is 0.641. The van der Waals surface area contributed by atoms with Crippen molar-refractivity contribution in [2.75, 3.05) is 18.6 Å². The predicted octanol–water partition coefficient (Wildman–Crippen LogP) is 2.05. The molecule has 6 heteroatoms. The van der Waals surface area contributed by atoms with Gasteiger partial charge in [-0.3, -0.25) is 0 Å². The molecule has 0 bridgehead atoms. The topological polar surface area (TPSA) is 56.3 Å². The van der Waals surface area contributed by atoms with Crippen LogP contribution in [0.15, 0.2) is 35.0 Å². The Hall–Kier alpha value is -2.50. The number of fused-ring (bicyclic) bond motifs is 2. The second-order valence-electron chi connectivity index (χ2n) is 4.79. The van der Waals surface area contributed by atoms with E-state index in [1.54, 1.807) is 7.11 Å². The lowest BCUT2D eigenvalue weighted by molar-refractivity contribution is 0.415. The van der Waals surface area contributed by atoms with Crippen LogP contribution in [-0.4, -0.2) is 28.2 Å². The van der Waals surface area contributed by atoms with Gasteiger partial charge in [-0.25, -0.2) is 4.98 Å². The van der Waals surface area contributed by atoms with Crippen LogP contribution in [0.5, 0.6) is 5.75 Å². The number of methoxy groups -OCH3 is 1.